The summed E-state index contributed by atoms with van der Waals surface area (Å²) in [5.41, 5.74) is 1.85. The van der Waals surface area contributed by atoms with Gasteiger partial charge in [0.05, 0.1) is 12.7 Å². The molecule has 5 nitrogen and oxygen atoms in total. The second-order valence-corrected chi connectivity index (χ2v) is 5.53. The summed E-state index contributed by atoms with van der Waals surface area (Å²) in [6.45, 7) is 0.456. The molecule has 0 aliphatic heterocycles. The highest BCUT2D eigenvalue weighted by Crippen LogP contribution is 2.20. The zero-order valence-electron chi connectivity index (χ0n) is 14.2. The van der Waals surface area contributed by atoms with Crippen LogP contribution in [0.25, 0.3) is 0 Å². The molecule has 2 N–H and O–H groups in total. The van der Waals surface area contributed by atoms with E-state index in [0.29, 0.717) is 23.6 Å². The van der Waals surface area contributed by atoms with Gasteiger partial charge in [-0.2, -0.15) is 0 Å². The van der Waals surface area contributed by atoms with Gasteiger partial charge in [-0.15, -0.1) is 0 Å². The first-order valence-corrected chi connectivity index (χ1v) is 8.05. The molecule has 0 fully saturated rings. The van der Waals surface area contributed by atoms with Crippen LogP contribution in [0, 0.1) is 5.82 Å². The van der Waals surface area contributed by atoms with Crippen LogP contribution in [-0.4, -0.2) is 18.0 Å². The Kier molecular flexibility index (Phi) is 5.43. The molecule has 3 rings (SSSR count). The lowest BCUT2D eigenvalue weighted by Crippen LogP contribution is -2.15. The Bertz CT molecular complexity index is 898. The summed E-state index contributed by atoms with van der Waals surface area (Å²) in [7, 11) is 1.61. The van der Waals surface area contributed by atoms with Gasteiger partial charge in [-0.1, -0.05) is 18.2 Å². The van der Waals surface area contributed by atoms with Crippen molar-refractivity contribution >= 4 is 17.4 Å². The monoisotopic (exact) mass is 351 g/mol. The van der Waals surface area contributed by atoms with Gasteiger partial charge in [0.25, 0.3) is 5.91 Å². The standard InChI is InChI=1S/C20H18FN3O2/c1-26-18-7-3-2-5-14(18)13-23-19-17(6-4-12-22-19)20(25)24-16-10-8-15(21)9-11-16/h2-12H,13H2,1H3,(H,22,23)(H,24,25). The number of carbonyl (C=O) groups is 1. The van der Waals surface area contributed by atoms with Crippen LogP contribution in [0.4, 0.5) is 15.9 Å². The van der Waals surface area contributed by atoms with Gasteiger partial charge in [0, 0.05) is 24.0 Å². The summed E-state index contributed by atoms with van der Waals surface area (Å²) in [4.78, 5) is 16.8. The summed E-state index contributed by atoms with van der Waals surface area (Å²) >= 11 is 0. The molecule has 3 aromatic rings. The molecule has 0 bridgehead atoms. The number of pyridine rings is 1. The highest BCUT2D eigenvalue weighted by atomic mass is 19.1. The molecule has 6 heteroatoms. The van der Waals surface area contributed by atoms with E-state index in [2.05, 4.69) is 15.6 Å². The molecule has 0 aliphatic carbocycles. The van der Waals surface area contributed by atoms with Crippen molar-refractivity contribution in [1.82, 2.24) is 4.98 Å². The number of anilines is 2. The number of benzene rings is 2. The number of para-hydroxylation sites is 1. The van der Waals surface area contributed by atoms with Crippen LogP contribution in [0.3, 0.4) is 0 Å². The van der Waals surface area contributed by atoms with E-state index in [9.17, 15) is 9.18 Å². The largest absolute Gasteiger partial charge is 0.496 e. The Morgan fingerprint density at radius 1 is 1.08 bits per heavy atom. The van der Waals surface area contributed by atoms with Crippen LogP contribution in [0.5, 0.6) is 5.75 Å². The Morgan fingerprint density at radius 2 is 1.85 bits per heavy atom. The van der Waals surface area contributed by atoms with E-state index in [1.807, 2.05) is 24.3 Å². The van der Waals surface area contributed by atoms with E-state index in [-0.39, 0.29) is 11.7 Å². The molecular weight excluding hydrogens is 333 g/mol. The van der Waals surface area contributed by atoms with Crippen LogP contribution in [0.1, 0.15) is 15.9 Å². The van der Waals surface area contributed by atoms with Gasteiger partial charge in [0.2, 0.25) is 0 Å². The summed E-state index contributed by atoms with van der Waals surface area (Å²) < 4.78 is 18.3. The van der Waals surface area contributed by atoms with Crippen molar-refractivity contribution < 1.29 is 13.9 Å². The molecule has 26 heavy (non-hydrogen) atoms. The van der Waals surface area contributed by atoms with Crippen LogP contribution >= 0.6 is 0 Å². The Labute approximate surface area is 150 Å². The molecule has 1 heterocycles. The molecule has 1 amide bonds. The Morgan fingerprint density at radius 3 is 2.62 bits per heavy atom. The number of amides is 1. The molecule has 1 aromatic heterocycles. The predicted octanol–water partition coefficient (Wildman–Crippen LogP) is 4.09. The number of methoxy groups -OCH3 is 1. The molecule has 132 valence electrons. The lowest BCUT2D eigenvalue weighted by molar-refractivity contribution is 0.102. The highest BCUT2D eigenvalue weighted by Gasteiger charge is 2.13. The van der Waals surface area contributed by atoms with E-state index >= 15 is 0 Å². The first-order valence-electron chi connectivity index (χ1n) is 8.05. The quantitative estimate of drug-likeness (QED) is 0.702. The molecule has 0 spiro atoms. The van der Waals surface area contributed by atoms with Crippen molar-refractivity contribution in [3.8, 4) is 5.75 Å². The number of aromatic nitrogens is 1. The maximum absolute atomic E-state index is 13.0. The third-order valence-corrected chi connectivity index (χ3v) is 3.79. The maximum atomic E-state index is 13.0. The second-order valence-electron chi connectivity index (χ2n) is 5.53. The van der Waals surface area contributed by atoms with Gasteiger partial charge >= 0.3 is 0 Å². The van der Waals surface area contributed by atoms with Crippen LogP contribution < -0.4 is 15.4 Å². The highest BCUT2D eigenvalue weighted by molar-refractivity contribution is 6.07. The number of hydrogen-bond acceptors (Lipinski definition) is 4. The van der Waals surface area contributed by atoms with Crippen molar-refractivity contribution in [3.63, 3.8) is 0 Å². The van der Waals surface area contributed by atoms with Crippen molar-refractivity contribution in [2.24, 2.45) is 0 Å². The average Bonchev–Trinajstić information content (AvgIpc) is 2.68. The number of rotatable bonds is 6. The van der Waals surface area contributed by atoms with Gasteiger partial charge in [-0.05, 0) is 42.5 Å². The number of ether oxygens (including phenoxy) is 1. The van der Waals surface area contributed by atoms with E-state index < -0.39 is 0 Å². The average molecular weight is 351 g/mol. The smallest absolute Gasteiger partial charge is 0.259 e. The van der Waals surface area contributed by atoms with Crippen LogP contribution in [0.15, 0.2) is 66.9 Å². The molecule has 0 saturated heterocycles. The molecule has 2 aromatic carbocycles. The zero-order chi connectivity index (χ0) is 18.4. The predicted molar refractivity (Wildman–Crippen MR) is 98.9 cm³/mol. The molecular formula is C20H18FN3O2. The maximum Gasteiger partial charge on any atom is 0.259 e. The minimum absolute atomic E-state index is 0.327. The molecule has 0 atom stereocenters. The van der Waals surface area contributed by atoms with Crippen LogP contribution in [0.2, 0.25) is 0 Å². The zero-order valence-corrected chi connectivity index (χ0v) is 14.2. The summed E-state index contributed by atoms with van der Waals surface area (Å²) in [6.07, 6.45) is 1.61. The molecule has 0 unspecified atom stereocenters. The first kappa shape index (κ1) is 17.4. The molecule has 0 saturated carbocycles. The van der Waals surface area contributed by atoms with Gasteiger partial charge in [0.1, 0.15) is 17.4 Å². The fraction of sp³-hybridized carbons (Fsp3) is 0.100. The minimum atomic E-state index is -0.358. The number of halogens is 1. The summed E-state index contributed by atoms with van der Waals surface area (Å²) in [5.74, 6) is 0.530. The topological polar surface area (TPSA) is 63.2 Å². The Hall–Kier alpha value is -3.41. The summed E-state index contributed by atoms with van der Waals surface area (Å²) in [5, 5.41) is 5.90. The second kappa shape index (κ2) is 8.11. The minimum Gasteiger partial charge on any atom is -0.496 e. The van der Waals surface area contributed by atoms with Crippen LogP contribution in [-0.2, 0) is 6.54 Å². The van der Waals surface area contributed by atoms with E-state index in [1.165, 1.54) is 24.3 Å². The lowest BCUT2D eigenvalue weighted by atomic mass is 10.2. The summed E-state index contributed by atoms with van der Waals surface area (Å²) in [6, 6.07) is 16.6. The SMILES string of the molecule is COc1ccccc1CNc1ncccc1C(=O)Nc1ccc(F)cc1. The number of nitrogens with one attached hydrogen (secondary N) is 2. The third kappa shape index (κ3) is 4.16. The van der Waals surface area contributed by atoms with Gasteiger partial charge in [0.15, 0.2) is 0 Å². The van der Waals surface area contributed by atoms with E-state index in [4.69, 9.17) is 4.74 Å². The normalized spacial score (nSPS) is 10.2. The van der Waals surface area contributed by atoms with Crippen molar-refractivity contribution in [2.75, 3.05) is 17.7 Å². The van der Waals surface area contributed by atoms with Crippen molar-refractivity contribution in [2.45, 2.75) is 6.54 Å². The van der Waals surface area contributed by atoms with E-state index in [0.717, 1.165) is 11.3 Å². The van der Waals surface area contributed by atoms with Gasteiger partial charge in [-0.25, -0.2) is 9.37 Å². The van der Waals surface area contributed by atoms with Gasteiger partial charge < -0.3 is 15.4 Å². The number of carbonyl (C=O) groups excluding carboxylic acids is 1. The van der Waals surface area contributed by atoms with Crippen molar-refractivity contribution in [1.29, 1.82) is 0 Å². The number of hydrogen-bond donors (Lipinski definition) is 2. The van der Waals surface area contributed by atoms with Crippen molar-refractivity contribution in [3.05, 3.63) is 83.8 Å². The lowest BCUT2D eigenvalue weighted by Gasteiger charge is -2.13. The third-order valence-electron chi connectivity index (χ3n) is 3.79. The number of nitrogens with zero attached hydrogens (tertiary/aromatic N) is 1. The molecule has 0 radical (unpaired) electrons. The van der Waals surface area contributed by atoms with Gasteiger partial charge in [-0.3, -0.25) is 4.79 Å². The fourth-order valence-electron chi connectivity index (χ4n) is 2.49. The van der Waals surface area contributed by atoms with E-state index in [1.54, 1.807) is 25.4 Å². The Balaban J connectivity index is 1.75. The fourth-order valence-corrected chi connectivity index (χ4v) is 2.49. The first-order chi connectivity index (χ1) is 12.7. The molecule has 0 aliphatic rings.